The maximum atomic E-state index is 12.6. The highest BCUT2D eigenvalue weighted by molar-refractivity contribution is 6.15. The first kappa shape index (κ1) is 16.3. The molecule has 0 radical (unpaired) electrons. The van der Waals surface area contributed by atoms with Crippen LogP contribution in [0.4, 0.5) is 0 Å². The van der Waals surface area contributed by atoms with E-state index in [4.69, 9.17) is 9.47 Å². The third kappa shape index (κ3) is 3.98. The molecule has 0 fully saturated rings. The van der Waals surface area contributed by atoms with Crippen LogP contribution in [-0.4, -0.2) is 19.5 Å². The summed E-state index contributed by atoms with van der Waals surface area (Å²) in [7, 11) is 1.49. The first-order valence-electron chi connectivity index (χ1n) is 7.22. The Morgan fingerprint density at radius 2 is 2.00 bits per heavy atom. The Hall–Kier alpha value is -3.06. The molecule has 0 unspecified atom stereocenters. The minimum absolute atomic E-state index is 0.0446. The van der Waals surface area contributed by atoms with Crippen molar-refractivity contribution in [2.45, 2.75) is 6.92 Å². The molecular weight excluding hydrogens is 290 g/mol. The van der Waals surface area contributed by atoms with Crippen LogP contribution < -0.4 is 9.47 Å². The molecule has 2 aromatic carbocycles. The van der Waals surface area contributed by atoms with Crippen LogP contribution >= 0.6 is 0 Å². The van der Waals surface area contributed by atoms with Crippen molar-refractivity contribution in [2.75, 3.05) is 13.7 Å². The maximum Gasteiger partial charge on any atom is 0.207 e. The number of hydrogen-bond donors (Lipinski definition) is 0. The third-order valence-electron chi connectivity index (χ3n) is 3.20. The summed E-state index contributed by atoms with van der Waals surface area (Å²) in [6.07, 6.45) is 1.55. The number of ketones is 1. The molecule has 2 rings (SSSR count). The van der Waals surface area contributed by atoms with Crippen LogP contribution in [0.25, 0.3) is 6.08 Å². The molecule has 0 saturated heterocycles. The largest absolute Gasteiger partial charge is 0.496 e. The molecule has 0 aromatic heterocycles. The number of ether oxygens (including phenoxy) is 2. The lowest BCUT2D eigenvalue weighted by Gasteiger charge is -2.07. The number of nitrogens with zero attached hydrogens (tertiary/aromatic N) is 1. The number of nitriles is 1. The molecule has 2 aromatic rings. The van der Waals surface area contributed by atoms with Gasteiger partial charge in [0.1, 0.15) is 23.1 Å². The summed E-state index contributed by atoms with van der Waals surface area (Å²) in [5.74, 6) is 0.775. The molecule has 0 bridgehead atoms. The summed E-state index contributed by atoms with van der Waals surface area (Å²) in [6, 6.07) is 16.1. The van der Waals surface area contributed by atoms with Gasteiger partial charge in [0.15, 0.2) is 0 Å². The van der Waals surface area contributed by atoms with Gasteiger partial charge in [-0.15, -0.1) is 0 Å². The Bertz CT molecular complexity index is 772. The van der Waals surface area contributed by atoms with Gasteiger partial charge in [-0.1, -0.05) is 24.3 Å². The van der Waals surface area contributed by atoms with Crippen molar-refractivity contribution >= 4 is 11.9 Å². The molecule has 116 valence electrons. The fourth-order valence-electron chi connectivity index (χ4n) is 2.15. The minimum atomic E-state index is -0.369. The summed E-state index contributed by atoms with van der Waals surface area (Å²) in [4.78, 5) is 12.6. The molecule has 0 spiro atoms. The Morgan fingerprint density at radius 1 is 1.22 bits per heavy atom. The zero-order chi connectivity index (χ0) is 16.7. The highest BCUT2D eigenvalue weighted by atomic mass is 16.5. The molecule has 0 atom stereocenters. The Labute approximate surface area is 135 Å². The predicted molar refractivity (Wildman–Crippen MR) is 88.5 cm³/mol. The van der Waals surface area contributed by atoms with Crippen LogP contribution in [0.3, 0.4) is 0 Å². The number of carbonyl (C=O) groups is 1. The molecule has 4 heteroatoms. The average Bonchev–Trinajstić information content (AvgIpc) is 2.59. The SMILES string of the molecule is CCOc1cccc(/C=C(\C#N)C(=O)c2ccccc2OC)c1. The molecule has 0 aliphatic rings. The van der Waals surface area contributed by atoms with Crippen LogP contribution in [0.2, 0.25) is 0 Å². The molecule has 0 aliphatic heterocycles. The molecule has 4 nitrogen and oxygen atoms in total. The van der Waals surface area contributed by atoms with Gasteiger partial charge in [-0.3, -0.25) is 4.79 Å². The van der Waals surface area contributed by atoms with Gasteiger partial charge in [0, 0.05) is 0 Å². The number of Topliss-reactive ketones (excluding diaryl/α,β-unsaturated/α-hetero) is 1. The van der Waals surface area contributed by atoms with Crippen molar-refractivity contribution in [3.05, 3.63) is 65.2 Å². The summed E-state index contributed by atoms with van der Waals surface area (Å²) >= 11 is 0. The Morgan fingerprint density at radius 3 is 2.70 bits per heavy atom. The lowest BCUT2D eigenvalue weighted by atomic mass is 10.0. The van der Waals surface area contributed by atoms with E-state index in [0.717, 1.165) is 5.56 Å². The number of hydrogen-bond acceptors (Lipinski definition) is 4. The zero-order valence-electron chi connectivity index (χ0n) is 13.1. The third-order valence-corrected chi connectivity index (χ3v) is 3.20. The molecule has 0 aliphatic carbocycles. The zero-order valence-corrected chi connectivity index (χ0v) is 13.1. The van der Waals surface area contributed by atoms with E-state index in [9.17, 15) is 10.1 Å². The fraction of sp³-hybridized carbons (Fsp3) is 0.158. The lowest BCUT2D eigenvalue weighted by Crippen LogP contribution is -2.04. The van der Waals surface area contributed by atoms with E-state index >= 15 is 0 Å². The molecule has 0 heterocycles. The van der Waals surface area contributed by atoms with Crippen LogP contribution in [-0.2, 0) is 0 Å². The van der Waals surface area contributed by atoms with E-state index in [2.05, 4.69) is 0 Å². The van der Waals surface area contributed by atoms with Crippen LogP contribution in [0, 0.1) is 11.3 Å². The number of rotatable bonds is 6. The van der Waals surface area contributed by atoms with Gasteiger partial charge in [0.2, 0.25) is 5.78 Å². The van der Waals surface area contributed by atoms with E-state index in [1.165, 1.54) is 7.11 Å². The van der Waals surface area contributed by atoms with Crippen molar-refractivity contribution in [1.82, 2.24) is 0 Å². The molecule has 0 saturated carbocycles. The fourth-order valence-corrected chi connectivity index (χ4v) is 2.15. The van der Waals surface area contributed by atoms with Gasteiger partial charge in [0.25, 0.3) is 0 Å². The topological polar surface area (TPSA) is 59.3 Å². The van der Waals surface area contributed by atoms with Crippen LogP contribution in [0.5, 0.6) is 11.5 Å². The van der Waals surface area contributed by atoms with E-state index in [1.807, 2.05) is 31.2 Å². The highest BCUT2D eigenvalue weighted by Crippen LogP contribution is 2.22. The first-order chi connectivity index (χ1) is 11.2. The van der Waals surface area contributed by atoms with Crippen LogP contribution in [0.15, 0.2) is 54.1 Å². The average molecular weight is 307 g/mol. The van der Waals surface area contributed by atoms with Gasteiger partial charge >= 0.3 is 0 Å². The monoisotopic (exact) mass is 307 g/mol. The Balaban J connectivity index is 2.37. The molecule has 0 amide bonds. The van der Waals surface area contributed by atoms with Gasteiger partial charge in [0.05, 0.1) is 19.3 Å². The van der Waals surface area contributed by atoms with Crippen molar-refractivity contribution in [3.63, 3.8) is 0 Å². The summed E-state index contributed by atoms with van der Waals surface area (Å²) in [6.45, 7) is 2.45. The quantitative estimate of drug-likeness (QED) is 0.461. The number of benzene rings is 2. The van der Waals surface area contributed by atoms with E-state index in [1.54, 1.807) is 36.4 Å². The van der Waals surface area contributed by atoms with Gasteiger partial charge in [-0.05, 0) is 42.8 Å². The van der Waals surface area contributed by atoms with Gasteiger partial charge < -0.3 is 9.47 Å². The van der Waals surface area contributed by atoms with E-state index in [0.29, 0.717) is 23.7 Å². The predicted octanol–water partition coefficient (Wildman–Crippen LogP) is 3.88. The second-order valence-electron chi connectivity index (χ2n) is 4.70. The smallest absolute Gasteiger partial charge is 0.207 e. The van der Waals surface area contributed by atoms with Crippen molar-refractivity contribution in [3.8, 4) is 17.6 Å². The normalized spacial score (nSPS) is 10.7. The summed E-state index contributed by atoms with van der Waals surface area (Å²) in [5.41, 5.74) is 1.14. The summed E-state index contributed by atoms with van der Waals surface area (Å²) < 4.78 is 10.6. The maximum absolute atomic E-state index is 12.6. The minimum Gasteiger partial charge on any atom is -0.496 e. The molecule has 0 N–H and O–H groups in total. The summed E-state index contributed by atoms with van der Waals surface area (Å²) in [5, 5.41) is 9.34. The van der Waals surface area contributed by atoms with Gasteiger partial charge in [-0.25, -0.2) is 0 Å². The second-order valence-corrected chi connectivity index (χ2v) is 4.70. The van der Waals surface area contributed by atoms with Gasteiger partial charge in [-0.2, -0.15) is 5.26 Å². The lowest BCUT2D eigenvalue weighted by molar-refractivity contribution is 0.103. The van der Waals surface area contributed by atoms with Crippen LogP contribution in [0.1, 0.15) is 22.8 Å². The van der Waals surface area contributed by atoms with Crippen molar-refractivity contribution in [2.24, 2.45) is 0 Å². The molecular formula is C19H17NO3. The van der Waals surface area contributed by atoms with Crippen molar-refractivity contribution < 1.29 is 14.3 Å². The first-order valence-corrected chi connectivity index (χ1v) is 7.22. The highest BCUT2D eigenvalue weighted by Gasteiger charge is 2.16. The van der Waals surface area contributed by atoms with E-state index < -0.39 is 0 Å². The number of para-hydroxylation sites is 1. The number of carbonyl (C=O) groups excluding carboxylic acids is 1. The number of methoxy groups -OCH3 is 1. The second kappa shape index (κ2) is 7.81. The standard InChI is InChI=1S/C19H17NO3/c1-3-23-16-8-6-7-14(12-16)11-15(13-20)19(21)17-9-4-5-10-18(17)22-2/h4-12H,3H2,1-2H3/b15-11+. The Kier molecular flexibility index (Phi) is 5.54. The molecule has 23 heavy (non-hydrogen) atoms. The number of allylic oxidation sites excluding steroid dienone is 1. The van der Waals surface area contributed by atoms with Crippen molar-refractivity contribution in [1.29, 1.82) is 5.26 Å². The van der Waals surface area contributed by atoms with E-state index in [-0.39, 0.29) is 11.4 Å².